The van der Waals surface area contributed by atoms with E-state index in [-0.39, 0.29) is 0 Å². The summed E-state index contributed by atoms with van der Waals surface area (Å²) in [7, 11) is 0. The molecule has 27 heavy (non-hydrogen) atoms. The molecule has 1 aromatic heterocycles. The van der Waals surface area contributed by atoms with Crippen molar-refractivity contribution in [2.24, 2.45) is 0 Å². The van der Waals surface area contributed by atoms with E-state index in [1.165, 1.54) is 55.7 Å². The quantitative estimate of drug-likeness (QED) is 0.295. The van der Waals surface area contributed by atoms with E-state index in [9.17, 15) is 0 Å². The number of halogens is 1. The van der Waals surface area contributed by atoms with Crippen LogP contribution in [0, 0.1) is 0 Å². The zero-order chi connectivity index (χ0) is 18.0. The summed E-state index contributed by atoms with van der Waals surface area (Å²) in [5, 5.41) is 6.10. The molecule has 0 atom stereocenters. The third kappa shape index (κ3) is 2.06. The highest BCUT2D eigenvalue weighted by atomic mass is 35.5. The Morgan fingerprint density at radius 2 is 1.56 bits per heavy atom. The molecule has 130 valence electrons. The maximum atomic E-state index is 6.40. The maximum absolute atomic E-state index is 6.40. The van der Waals surface area contributed by atoms with Gasteiger partial charge >= 0.3 is 0 Å². The van der Waals surface area contributed by atoms with Crippen molar-refractivity contribution in [3.8, 4) is 11.1 Å². The van der Waals surface area contributed by atoms with Gasteiger partial charge in [0, 0.05) is 27.9 Å². The molecule has 1 nitrogen and oxygen atoms in total. The van der Waals surface area contributed by atoms with Crippen LogP contribution < -0.4 is 0 Å². The fourth-order valence-electron chi connectivity index (χ4n) is 4.94. The number of benzene rings is 4. The van der Waals surface area contributed by atoms with Gasteiger partial charge < -0.3 is 4.57 Å². The summed E-state index contributed by atoms with van der Waals surface area (Å²) >= 11 is 6.40. The number of hydrogen-bond donors (Lipinski definition) is 0. The summed E-state index contributed by atoms with van der Waals surface area (Å²) in [6, 6.07) is 26.0. The Morgan fingerprint density at radius 1 is 0.778 bits per heavy atom. The zero-order valence-corrected chi connectivity index (χ0v) is 15.6. The predicted octanol–water partition coefficient (Wildman–Crippen LogP) is 7.21. The molecule has 0 fully saturated rings. The van der Waals surface area contributed by atoms with E-state index in [1.807, 2.05) is 6.07 Å². The molecule has 4 aromatic carbocycles. The summed E-state index contributed by atoms with van der Waals surface area (Å²) in [5.74, 6) is 0. The molecule has 0 spiro atoms. The molecule has 2 heteroatoms. The van der Waals surface area contributed by atoms with Crippen molar-refractivity contribution in [3.05, 3.63) is 83.4 Å². The first-order valence-electron chi connectivity index (χ1n) is 9.53. The van der Waals surface area contributed by atoms with E-state index < -0.39 is 0 Å². The number of rotatable bonds is 1. The Bertz CT molecular complexity index is 1350. The van der Waals surface area contributed by atoms with Crippen molar-refractivity contribution >= 4 is 44.2 Å². The molecule has 0 bridgehead atoms. The fraction of sp³-hybridized carbons (Fsp3) is 0.120. The monoisotopic (exact) mass is 367 g/mol. The van der Waals surface area contributed by atoms with Crippen molar-refractivity contribution in [1.82, 2.24) is 4.57 Å². The average molecular weight is 368 g/mol. The van der Waals surface area contributed by atoms with Crippen LogP contribution in [0.15, 0.2) is 72.8 Å². The lowest BCUT2D eigenvalue weighted by atomic mass is 9.87. The Kier molecular flexibility index (Phi) is 3.18. The van der Waals surface area contributed by atoms with Crippen LogP contribution >= 0.6 is 11.6 Å². The van der Waals surface area contributed by atoms with E-state index in [1.54, 1.807) is 0 Å². The number of nitrogens with zero attached hydrogens (tertiary/aromatic N) is 1. The molecule has 2 heterocycles. The molecule has 0 radical (unpaired) electrons. The van der Waals surface area contributed by atoms with Gasteiger partial charge in [0.2, 0.25) is 0 Å². The van der Waals surface area contributed by atoms with Gasteiger partial charge in [-0.2, -0.15) is 0 Å². The van der Waals surface area contributed by atoms with Crippen LogP contribution in [0.25, 0.3) is 43.7 Å². The van der Waals surface area contributed by atoms with Crippen molar-refractivity contribution < 1.29 is 0 Å². The summed E-state index contributed by atoms with van der Waals surface area (Å²) in [6.45, 7) is 1.07. The molecule has 0 aliphatic carbocycles. The number of aromatic nitrogens is 1. The average Bonchev–Trinajstić information content (AvgIpc) is 3.04. The van der Waals surface area contributed by atoms with Crippen LogP contribution in [0.3, 0.4) is 0 Å². The molecule has 0 N–H and O–H groups in total. The van der Waals surface area contributed by atoms with E-state index in [2.05, 4.69) is 71.3 Å². The van der Waals surface area contributed by atoms with Gasteiger partial charge in [-0.3, -0.25) is 0 Å². The first kappa shape index (κ1) is 15.3. The Balaban J connectivity index is 1.93. The number of fused-ring (bicyclic) bond motifs is 5. The van der Waals surface area contributed by atoms with E-state index in [4.69, 9.17) is 11.6 Å². The second-order valence-corrected chi connectivity index (χ2v) is 7.84. The van der Waals surface area contributed by atoms with Crippen molar-refractivity contribution in [2.75, 3.05) is 0 Å². The van der Waals surface area contributed by atoms with Gasteiger partial charge in [0.1, 0.15) is 0 Å². The molecule has 5 aromatic rings. The molecule has 1 aliphatic rings. The smallest absolute Gasteiger partial charge is 0.0536 e. The van der Waals surface area contributed by atoms with Crippen LogP contribution in [0.4, 0.5) is 0 Å². The number of hydrogen-bond acceptors (Lipinski definition) is 0. The first-order valence-corrected chi connectivity index (χ1v) is 9.91. The molecule has 0 amide bonds. The minimum atomic E-state index is 0.804. The van der Waals surface area contributed by atoms with E-state index in [0.29, 0.717) is 0 Å². The molecular formula is C25H18ClN. The summed E-state index contributed by atoms with van der Waals surface area (Å²) in [5.41, 5.74) is 6.88. The van der Waals surface area contributed by atoms with Gasteiger partial charge in [-0.15, -0.1) is 0 Å². The van der Waals surface area contributed by atoms with Gasteiger partial charge in [0.15, 0.2) is 0 Å². The zero-order valence-electron chi connectivity index (χ0n) is 14.9. The molecule has 6 rings (SSSR count). The second kappa shape index (κ2) is 5.61. The SMILES string of the molecule is Clc1ccc2c(c1)c1c3ccccc3c(-c3ccccc3)c3c1n2CCC3. The second-order valence-electron chi connectivity index (χ2n) is 7.41. The standard InChI is InChI=1S/C25H18ClN/c26-17-12-13-22-21(15-17)24-19-10-5-4-9-18(19)23(16-7-2-1-3-8-16)20-11-6-14-27(22)25(20)24/h1-5,7-10,12-13,15H,6,11,14H2. The van der Waals surface area contributed by atoms with Crippen LogP contribution in [0.5, 0.6) is 0 Å². The maximum Gasteiger partial charge on any atom is 0.0536 e. The van der Waals surface area contributed by atoms with Gasteiger partial charge in [-0.25, -0.2) is 0 Å². The summed E-state index contributed by atoms with van der Waals surface area (Å²) < 4.78 is 2.51. The molecule has 0 saturated carbocycles. The lowest BCUT2D eigenvalue weighted by Crippen LogP contribution is -2.09. The summed E-state index contributed by atoms with van der Waals surface area (Å²) in [6.07, 6.45) is 2.29. The molecule has 0 unspecified atom stereocenters. The Morgan fingerprint density at radius 3 is 2.41 bits per heavy atom. The summed E-state index contributed by atoms with van der Waals surface area (Å²) in [4.78, 5) is 0. The normalized spacial score (nSPS) is 13.7. The highest BCUT2D eigenvalue weighted by molar-refractivity contribution is 6.33. The Labute approximate surface area is 162 Å². The highest BCUT2D eigenvalue weighted by Gasteiger charge is 2.24. The minimum Gasteiger partial charge on any atom is -0.340 e. The fourth-order valence-corrected chi connectivity index (χ4v) is 5.11. The van der Waals surface area contributed by atoms with Crippen LogP contribution in [-0.4, -0.2) is 4.57 Å². The number of aryl methyl sites for hydroxylation is 2. The largest absolute Gasteiger partial charge is 0.340 e. The van der Waals surface area contributed by atoms with Crippen molar-refractivity contribution in [2.45, 2.75) is 19.4 Å². The van der Waals surface area contributed by atoms with Gasteiger partial charge in [0.05, 0.1) is 5.52 Å². The minimum absolute atomic E-state index is 0.804. The van der Waals surface area contributed by atoms with Gasteiger partial charge in [-0.1, -0.05) is 66.2 Å². The highest BCUT2D eigenvalue weighted by Crippen LogP contribution is 2.45. The first-order chi connectivity index (χ1) is 13.3. The third-order valence-corrected chi connectivity index (χ3v) is 6.18. The van der Waals surface area contributed by atoms with E-state index in [0.717, 1.165) is 18.0 Å². The van der Waals surface area contributed by atoms with Gasteiger partial charge in [0.25, 0.3) is 0 Å². The van der Waals surface area contributed by atoms with E-state index >= 15 is 0 Å². The molecule has 1 aliphatic heterocycles. The lowest BCUT2D eigenvalue weighted by molar-refractivity contribution is 0.652. The predicted molar refractivity (Wildman–Crippen MR) is 116 cm³/mol. The van der Waals surface area contributed by atoms with Crippen molar-refractivity contribution in [3.63, 3.8) is 0 Å². The topological polar surface area (TPSA) is 4.93 Å². The third-order valence-electron chi connectivity index (χ3n) is 5.95. The van der Waals surface area contributed by atoms with Crippen LogP contribution in [-0.2, 0) is 13.0 Å². The molecular weight excluding hydrogens is 350 g/mol. The molecule has 0 saturated heterocycles. The van der Waals surface area contributed by atoms with Crippen LogP contribution in [0.2, 0.25) is 5.02 Å². The van der Waals surface area contributed by atoms with Crippen molar-refractivity contribution in [1.29, 1.82) is 0 Å². The van der Waals surface area contributed by atoms with Crippen LogP contribution in [0.1, 0.15) is 12.0 Å². The Hall–Kier alpha value is -2.77. The van der Waals surface area contributed by atoms with Gasteiger partial charge in [-0.05, 0) is 58.5 Å². The lowest BCUT2D eigenvalue weighted by Gasteiger charge is -2.22.